The molecule has 1 aromatic rings. The number of non-ortho nitro benzene ring substituents is 2. The average Bonchev–Trinajstić information content (AvgIpc) is 3.32. The second kappa shape index (κ2) is 11.7. The zero-order valence-corrected chi connectivity index (χ0v) is 26.4. The van der Waals surface area contributed by atoms with Crippen LogP contribution in [0, 0.1) is 66.6 Å². The Morgan fingerprint density at radius 1 is 0.907 bits per heavy atom. The molecule has 5 rings (SSSR count). The van der Waals surface area contributed by atoms with Crippen molar-refractivity contribution >= 4 is 17.3 Å². The van der Waals surface area contributed by atoms with Gasteiger partial charge in [0, 0.05) is 18.6 Å². The lowest BCUT2D eigenvalue weighted by atomic mass is 9.50. The van der Waals surface area contributed by atoms with Crippen molar-refractivity contribution < 1.29 is 19.4 Å². The van der Waals surface area contributed by atoms with E-state index in [2.05, 4.69) is 65.8 Å². The van der Waals surface area contributed by atoms with Gasteiger partial charge in [0.15, 0.2) is 0 Å². The Morgan fingerprint density at radius 2 is 1.58 bits per heavy atom. The van der Waals surface area contributed by atoms with E-state index in [1.165, 1.54) is 31.3 Å². The van der Waals surface area contributed by atoms with Crippen molar-refractivity contribution in [2.24, 2.45) is 46.3 Å². The van der Waals surface area contributed by atoms with Crippen molar-refractivity contribution in [2.75, 3.05) is 0 Å². The summed E-state index contributed by atoms with van der Waals surface area (Å²) in [6.45, 7) is 14.2. The quantitative estimate of drug-likeness (QED) is 0.129. The van der Waals surface area contributed by atoms with Crippen LogP contribution in [0.15, 0.2) is 53.6 Å². The summed E-state index contributed by atoms with van der Waals surface area (Å²) in [4.78, 5) is 34.1. The first kappa shape index (κ1) is 31.1. The molecular weight excluding hydrogens is 544 g/mol. The number of hydrogen-bond donors (Lipinski definition) is 0. The van der Waals surface area contributed by atoms with E-state index in [4.69, 9.17) is 4.74 Å². The predicted molar refractivity (Wildman–Crippen MR) is 166 cm³/mol. The Kier molecular flexibility index (Phi) is 8.45. The number of fused-ring (bicyclic) bond motifs is 5. The first-order valence-electron chi connectivity index (χ1n) is 16.0. The fourth-order valence-electron chi connectivity index (χ4n) is 8.82. The average molecular weight is 591 g/mol. The number of nitrogens with zero attached hydrogens (tertiary/aromatic N) is 2. The van der Waals surface area contributed by atoms with Crippen molar-refractivity contribution in [3.05, 3.63) is 79.4 Å². The molecule has 8 nitrogen and oxygen atoms in total. The number of rotatable bonds is 8. The number of esters is 1. The van der Waals surface area contributed by atoms with Crippen LogP contribution in [0.1, 0.15) is 96.8 Å². The maximum absolute atomic E-state index is 13.0. The van der Waals surface area contributed by atoms with E-state index in [-0.39, 0.29) is 17.1 Å². The number of carbonyl (C=O) groups is 1. The van der Waals surface area contributed by atoms with Gasteiger partial charge in [0.1, 0.15) is 6.10 Å². The number of nitro benzene ring substituents is 2. The molecule has 0 amide bonds. The number of nitro groups is 2. The van der Waals surface area contributed by atoms with Crippen LogP contribution in [0.25, 0.3) is 0 Å². The molecule has 0 aromatic heterocycles. The summed E-state index contributed by atoms with van der Waals surface area (Å²) in [7, 11) is 0. The highest BCUT2D eigenvalue weighted by molar-refractivity contribution is 5.91. The van der Waals surface area contributed by atoms with Crippen LogP contribution >= 0.6 is 0 Å². The standard InChI is InChI=1S/C35H46N2O6/c1-21(2)22(3)7-8-23(4)30-11-12-31-29-10-9-25-19-28(13-15-34(25,5)32(29)14-16-35(30,31)6)43-33(38)24-17-26(36(39)40)20-27(18-24)37(41)42/h7-10,17-18,20-23,28,30-32H,11-16,19H2,1-6H3/b8-7+/t22-,23+,28-,30?,31?,32?,34-,35+/m0/s1. The predicted octanol–water partition coefficient (Wildman–Crippen LogP) is 9.01. The highest BCUT2D eigenvalue weighted by Crippen LogP contribution is 2.66. The van der Waals surface area contributed by atoms with Gasteiger partial charge < -0.3 is 4.74 Å². The molecule has 8 heteroatoms. The van der Waals surface area contributed by atoms with E-state index in [1.54, 1.807) is 5.57 Å². The molecule has 0 aliphatic heterocycles. The monoisotopic (exact) mass is 590 g/mol. The third-order valence-corrected chi connectivity index (χ3v) is 11.8. The second-order valence-corrected chi connectivity index (χ2v) is 14.5. The first-order valence-corrected chi connectivity index (χ1v) is 16.0. The van der Waals surface area contributed by atoms with Crippen molar-refractivity contribution in [1.29, 1.82) is 0 Å². The lowest BCUT2D eigenvalue weighted by Crippen LogP contribution is -2.46. The largest absolute Gasteiger partial charge is 0.458 e. The summed E-state index contributed by atoms with van der Waals surface area (Å²) in [5.41, 5.74) is 2.08. The Hall–Kier alpha value is -3.29. The number of benzene rings is 1. The molecule has 4 aliphatic carbocycles. The summed E-state index contributed by atoms with van der Waals surface area (Å²) >= 11 is 0. The summed E-state index contributed by atoms with van der Waals surface area (Å²) < 4.78 is 5.80. The minimum Gasteiger partial charge on any atom is -0.458 e. The number of ether oxygens (including phenoxy) is 1. The molecule has 232 valence electrons. The molecule has 0 spiro atoms. The van der Waals surface area contributed by atoms with Crippen molar-refractivity contribution in [2.45, 2.75) is 92.6 Å². The van der Waals surface area contributed by atoms with Crippen molar-refractivity contribution in [3.63, 3.8) is 0 Å². The molecule has 3 saturated carbocycles. The van der Waals surface area contributed by atoms with Gasteiger partial charge in [-0.3, -0.25) is 20.2 Å². The first-order chi connectivity index (χ1) is 20.2. The summed E-state index contributed by atoms with van der Waals surface area (Å²) in [6.07, 6.45) is 16.3. The molecule has 4 aliphatic rings. The van der Waals surface area contributed by atoms with Crippen LogP contribution in [-0.2, 0) is 4.74 Å². The molecule has 3 fully saturated rings. The fourth-order valence-corrected chi connectivity index (χ4v) is 8.82. The fraction of sp³-hybridized carbons (Fsp3) is 0.629. The SMILES string of the molecule is CC(C)[C@@H](C)/C=C/[C@@H](C)C1CCC2C3=CC=C4C[C@@H](OC(=O)c5cc([N+](=O)[O-])cc([N+](=O)[O-])c5)CC[C@]4(C)C3CC[C@@]21C. The molecule has 8 atom stereocenters. The Bertz CT molecular complexity index is 1360. The molecule has 0 heterocycles. The van der Waals surface area contributed by atoms with Crippen LogP contribution in [0.2, 0.25) is 0 Å². The van der Waals surface area contributed by atoms with Gasteiger partial charge in [0.2, 0.25) is 0 Å². The van der Waals surface area contributed by atoms with E-state index in [9.17, 15) is 25.0 Å². The third kappa shape index (κ3) is 5.69. The van der Waals surface area contributed by atoms with E-state index in [0.29, 0.717) is 53.8 Å². The lowest BCUT2D eigenvalue weighted by Gasteiger charge is -2.55. The molecule has 0 bridgehead atoms. The Morgan fingerprint density at radius 3 is 2.21 bits per heavy atom. The highest BCUT2D eigenvalue weighted by atomic mass is 16.6. The van der Waals surface area contributed by atoms with Crippen molar-refractivity contribution in [3.8, 4) is 0 Å². The van der Waals surface area contributed by atoms with Gasteiger partial charge in [0.05, 0.1) is 21.5 Å². The normalized spacial score (nSPS) is 33.1. The molecule has 1 aromatic carbocycles. The lowest BCUT2D eigenvalue weighted by molar-refractivity contribution is -0.394. The zero-order chi connectivity index (χ0) is 31.3. The van der Waals surface area contributed by atoms with Gasteiger partial charge in [-0.25, -0.2) is 4.79 Å². The van der Waals surface area contributed by atoms with E-state index < -0.39 is 27.2 Å². The van der Waals surface area contributed by atoms with Crippen LogP contribution in [0.3, 0.4) is 0 Å². The van der Waals surface area contributed by atoms with Gasteiger partial charge in [-0.2, -0.15) is 0 Å². The summed E-state index contributed by atoms with van der Waals surface area (Å²) in [5.74, 6) is 2.83. The summed E-state index contributed by atoms with van der Waals surface area (Å²) in [5, 5.41) is 22.6. The Labute approximate surface area is 255 Å². The van der Waals surface area contributed by atoms with Crippen LogP contribution in [-0.4, -0.2) is 21.9 Å². The molecule has 43 heavy (non-hydrogen) atoms. The molecule has 0 saturated heterocycles. The van der Waals surface area contributed by atoms with Crippen LogP contribution in [0.5, 0.6) is 0 Å². The van der Waals surface area contributed by atoms with Gasteiger partial charge in [-0.1, -0.05) is 77.0 Å². The molecule has 0 N–H and O–H groups in total. The van der Waals surface area contributed by atoms with Crippen LogP contribution < -0.4 is 0 Å². The zero-order valence-electron chi connectivity index (χ0n) is 26.4. The summed E-state index contributed by atoms with van der Waals surface area (Å²) in [6, 6.07) is 2.95. The van der Waals surface area contributed by atoms with Gasteiger partial charge in [-0.15, -0.1) is 0 Å². The van der Waals surface area contributed by atoms with Crippen molar-refractivity contribution in [1.82, 2.24) is 0 Å². The van der Waals surface area contributed by atoms with Gasteiger partial charge in [-0.05, 0) is 84.9 Å². The highest BCUT2D eigenvalue weighted by Gasteiger charge is 2.57. The Balaban J connectivity index is 1.31. The molecule has 0 radical (unpaired) electrons. The van der Waals surface area contributed by atoms with E-state index >= 15 is 0 Å². The second-order valence-electron chi connectivity index (χ2n) is 14.5. The van der Waals surface area contributed by atoms with Crippen LogP contribution in [0.4, 0.5) is 11.4 Å². The van der Waals surface area contributed by atoms with E-state index in [0.717, 1.165) is 24.6 Å². The topological polar surface area (TPSA) is 113 Å². The maximum Gasteiger partial charge on any atom is 0.338 e. The number of hydrogen-bond acceptors (Lipinski definition) is 6. The number of carbonyl (C=O) groups excluding carboxylic acids is 1. The number of allylic oxidation sites excluding steroid dienone is 5. The van der Waals surface area contributed by atoms with Gasteiger partial charge >= 0.3 is 5.97 Å². The van der Waals surface area contributed by atoms with Gasteiger partial charge in [0.25, 0.3) is 11.4 Å². The minimum absolute atomic E-state index is 0.0228. The van der Waals surface area contributed by atoms with E-state index in [1.807, 2.05) is 0 Å². The smallest absolute Gasteiger partial charge is 0.338 e. The molecule has 3 unspecified atom stereocenters. The molecular formula is C35H46N2O6. The third-order valence-electron chi connectivity index (χ3n) is 11.8. The maximum atomic E-state index is 13.0. The minimum atomic E-state index is -0.760.